The summed E-state index contributed by atoms with van der Waals surface area (Å²) < 4.78 is 6.68. The van der Waals surface area contributed by atoms with Gasteiger partial charge in [0.25, 0.3) is 5.84 Å². The first-order chi connectivity index (χ1) is 12.8. The van der Waals surface area contributed by atoms with Crippen LogP contribution in [-0.4, -0.2) is 61.3 Å². The quantitative estimate of drug-likeness (QED) is 0.676. The van der Waals surface area contributed by atoms with Gasteiger partial charge in [-0.25, -0.2) is 4.79 Å². The molecule has 1 unspecified atom stereocenters. The number of fused-ring (bicyclic) bond motifs is 1. The number of urea groups is 1. The second-order valence-electron chi connectivity index (χ2n) is 6.15. The minimum atomic E-state index is -0.624. The molecule has 1 aromatic carbocycles. The van der Waals surface area contributed by atoms with E-state index in [4.69, 9.17) is 27.9 Å². The highest BCUT2D eigenvalue weighted by Gasteiger charge is 2.48. The first kappa shape index (κ1) is 20.1. The van der Waals surface area contributed by atoms with E-state index >= 15 is 0 Å². The number of amides is 3. The number of ether oxygens (including phenoxy) is 1. The molecule has 2 aliphatic heterocycles. The topological polar surface area (TPSA) is 62.0 Å². The van der Waals surface area contributed by atoms with E-state index in [1.165, 1.54) is 23.4 Å². The van der Waals surface area contributed by atoms with Crippen LogP contribution in [0.5, 0.6) is 0 Å². The molecule has 3 rings (SSSR count). The van der Waals surface area contributed by atoms with Gasteiger partial charge in [0.2, 0.25) is 0 Å². The third kappa shape index (κ3) is 3.82. The van der Waals surface area contributed by atoms with Crippen LogP contribution in [0, 0.1) is 5.92 Å². The lowest BCUT2D eigenvalue weighted by Gasteiger charge is -2.28. The Labute approximate surface area is 171 Å². The summed E-state index contributed by atoms with van der Waals surface area (Å²) in [5, 5.41) is 0.978. The van der Waals surface area contributed by atoms with Crippen LogP contribution in [0.1, 0.15) is 5.56 Å². The summed E-state index contributed by atoms with van der Waals surface area (Å²) in [7, 11) is 4.69. The molecule has 0 saturated heterocycles. The molecular formula is C18H18Cl2N3O3S+. The van der Waals surface area contributed by atoms with Gasteiger partial charge in [0.15, 0.2) is 5.92 Å². The van der Waals surface area contributed by atoms with Crippen LogP contribution in [0.3, 0.4) is 0 Å². The van der Waals surface area contributed by atoms with E-state index in [0.717, 1.165) is 20.9 Å². The molecule has 0 spiro atoms. The highest BCUT2D eigenvalue weighted by Crippen LogP contribution is 2.37. The second-order valence-corrected chi connectivity index (χ2v) is 7.98. The average Bonchev–Trinajstić information content (AvgIpc) is 2.66. The lowest BCUT2D eigenvalue weighted by Crippen LogP contribution is -2.52. The van der Waals surface area contributed by atoms with Crippen molar-refractivity contribution in [1.29, 1.82) is 0 Å². The fraction of sp³-hybridized carbons (Fsp3) is 0.333. The standard InChI is InChI=1S/C18H18Cl2N3O3S/c1-22-16-14(17(24)23(2)18(22)25)15(11(7-21-16)8-26-3)27-9-10-4-5-12(19)13(20)6-10/h4-7,14H,8-9H2,1-3H3/q+1. The van der Waals surface area contributed by atoms with Gasteiger partial charge >= 0.3 is 11.9 Å². The lowest BCUT2D eigenvalue weighted by atomic mass is 9.98. The van der Waals surface area contributed by atoms with Crippen molar-refractivity contribution in [3.05, 3.63) is 44.3 Å². The Morgan fingerprint density at radius 3 is 2.70 bits per heavy atom. The third-order valence-electron chi connectivity index (χ3n) is 4.36. The molecule has 2 heterocycles. The molecule has 0 radical (unpaired) electrons. The van der Waals surface area contributed by atoms with Crippen LogP contribution in [0.2, 0.25) is 10.0 Å². The van der Waals surface area contributed by atoms with Gasteiger partial charge < -0.3 is 4.74 Å². The number of benzene rings is 1. The zero-order valence-electron chi connectivity index (χ0n) is 15.0. The highest BCUT2D eigenvalue weighted by atomic mass is 35.5. The van der Waals surface area contributed by atoms with Crippen molar-refractivity contribution in [3.63, 3.8) is 0 Å². The Morgan fingerprint density at radius 1 is 1.30 bits per heavy atom. The van der Waals surface area contributed by atoms with Crippen LogP contribution in [0.25, 0.3) is 0 Å². The molecule has 142 valence electrons. The van der Waals surface area contributed by atoms with Crippen LogP contribution in [-0.2, 0) is 15.3 Å². The Kier molecular flexibility index (Phi) is 6.05. The Morgan fingerprint density at radius 2 is 2.04 bits per heavy atom. The van der Waals surface area contributed by atoms with Crippen molar-refractivity contribution in [2.24, 2.45) is 10.9 Å². The minimum absolute atomic E-state index is 0.296. The highest BCUT2D eigenvalue weighted by molar-refractivity contribution is 8.02. The maximum absolute atomic E-state index is 12.8. The van der Waals surface area contributed by atoms with Crippen molar-refractivity contribution in [2.45, 2.75) is 5.75 Å². The van der Waals surface area contributed by atoms with E-state index in [0.29, 0.717) is 28.2 Å². The molecule has 0 bridgehead atoms. The molecule has 9 heteroatoms. The number of halogens is 2. The van der Waals surface area contributed by atoms with Crippen molar-refractivity contribution in [3.8, 4) is 0 Å². The van der Waals surface area contributed by atoms with Gasteiger partial charge in [-0.15, -0.1) is 16.8 Å². The number of carbonyl (C=O) groups excluding carboxylic acids is 2. The van der Waals surface area contributed by atoms with Gasteiger partial charge in [0, 0.05) is 23.3 Å². The molecule has 0 aliphatic carbocycles. The number of hydrogen-bond donors (Lipinski definition) is 0. The van der Waals surface area contributed by atoms with Gasteiger partial charge in [-0.05, 0) is 17.7 Å². The number of aliphatic imine (C=N–C) groups is 1. The van der Waals surface area contributed by atoms with Crippen molar-refractivity contribution < 1.29 is 18.9 Å². The number of methoxy groups -OCH3 is 1. The first-order valence-corrected chi connectivity index (χ1v) is 9.84. The molecule has 3 amide bonds. The number of imide groups is 1. The van der Waals surface area contributed by atoms with Gasteiger partial charge in [0.1, 0.15) is 6.21 Å². The lowest BCUT2D eigenvalue weighted by molar-refractivity contribution is -0.407. The molecule has 0 aromatic heterocycles. The SMILES string of the molecule is COCC1=C(SCc2ccc(Cl)c(Cl)c2)C2C(=O)N(C)C(=O)[N+](C)=C2N=C1. The van der Waals surface area contributed by atoms with Crippen molar-refractivity contribution >= 4 is 59.0 Å². The van der Waals surface area contributed by atoms with Gasteiger partial charge in [-0.2, -0.15) is 9.48 Å². The first-order valence-electron chi connectivity index (χ1n) is 8.10. The fourth-order valence-corrected chi connectivity index (χ4v) is 4.42. The largest absolute Gasteiger partial charge is 0.445 e. The van der Waals surface area contributed by atoms with Gasteiger partial charge in [-0.3, -0.25) is 4.79 Å². The second kappa shape index (κ2) is 8.14. The predicted molar refractivity (Wildman–Crippen MR) is 108 cm³/mol. The molecular weight excluding hydrogens is 409 g/mol. The number of dihydropyridines is 1. The number of amidine groups is 1. The van der Waals surface area contributed by atoms with Crippen molar-refractivity contribution in [2.75, 3.05) is 27.8 Å². The Bertz CT molecular complexity index is 911. The number of carbonyl (C=O) groups is 2. The summed E-state index contributed by atoms with van der Waals surface area (Å²) in [5.41, 5.74) is 1.80. The normalized spacial score (nSPS) is 19.9. The number of thioether (sulfide) groups is 1. The number of hydrogen-bond acceptors (Lipinski definition) is 5. The van der Waals surface area contributed by atoms with Crippen LogP contribution in [0.15, 0.2) is 33.7 Å². The summed E-state index contributed by atoms with van der Waals surface area (Å²) in [5.74, 6) is 0.0986. The molecule has 0 N–H and O–H groups in total. The minimum Gasteiger partial charge on any atom is -0.380 e. The Hall–Kier alpha value is -1.67. The van der Waals surface area contributed by atoms with E-state index in [1.54, 1.807) is 32.5 Å². The summed E-state index contributed by atoms with van der Waals surface area (Å²) in [6, 6.07) is 5.05. The van der Waals surface area contributed by atoms with Gasteiger partial charge in [0.05, 0.1) is 30.7 Å². The maximum atomic E-state index is 12.8. The summed E-state index contributed by atoms with van der Waals surface area (Å²) in [4.78, 5) is 31.4. The van der Waals surface area contributed by atoms with Crippen LogP contribution >= 0.6 is 35.0 Å². The summed E-state index contributed by atoms with van der Waals surface area (Å²) in [6.07, 6.45) is 1.66. The monoisotopic (exact) mass is 426 g/mol. The molecule has 27 heavy (non-hydrogen) atoms. The zero-order chi connectivity index (χ0) is 19.7. The van der Waals surface area contributed by atoms with Gasteiger partial charge in [-0.1, -0.05) is 29.3 Å². The average molecular weight is 427 g/mol. The summed E-state index contributed by atoms with van der Waals surface area (Å²) >= 11 is 13.6. The number of rotatable bonds is 5. The van der Waals surface area contributed by atoms with E-state index in [-0.39, 0.29) is 5.91 Å². The van der Waals surface area contributed by atoms with E-state index in [9.17, 15) is 9.59 Å². The predicted octanol–water partition coefficient (Wildman–Crippen LogP) is 3.46. The van der Waals surface area contributed by atoms with Crippen molar-refractivity contribution in [1.82, 2.24) is 4.90 Å². The molecule has 6 nitrogen and oxygen atoms in total. The smallest absolute Gasteiger partial charge is 0.380 e. The number of nitrogens with zero attached hydrogens (tertiary/aromatic N) is 3. The molecule has 1 atom stereocenters. The third-order valence-corrected chi connectivity index (χ3v) is 6.39. The van der Waals surface area contributed by atoms with Crippen LogP contribution in [0.4, 0.5) is 4.79 Å². The maximum Gasteiger partial charge on any atom is 0.445 e. The molecule has 1 aromatic rings. The zero-order valence-corrected chi connectivity index (χ0v) is 17.4. The molecule has 0 fully saturated rings. The van der Waals surface area contributed by atoms with Crippen LogP contribution < -0.4 is 0 Å². The van der Waals surface area contributed by atoms with E-state index in [2.05, 4.69) is 4.99 Å². The molecule has 0 saturated carbocycles. The fourth-order valence-electron chi connectivity index (χ4n) is 2.93. The van der Waals surface area contributed by atoms with E-state index in [1.807, 2.05) is 6.07 Å². The molecule has 2 aliphatic rings. The van der Waals surface area contributed by atoms with E-state index < -0.39 is 11.9 Å². The summed E-state index contributed by atoms with van der Waals surface area (Å²) in [6.45, 7) is 0.325. The Balaban J connectivity index is 1.97.